The number of hydrogen-bond acceptors (Lipinski definition) is 1. The van der Waals surface area contributed by atoms with Gasteiger partial charge in [0.15, 0.2) is 5.78 Å². The maximum absolute atomic E-state index is 12.5. The largest absolute Gasteiger partial charge is 0.362 e. The fraction of sp³-hybridized carbons (Fsp3) is 0.688. The lowest BCUT2D eigenvalue weighted by Crippen LogP contribution is -2.36. The number of H-pyrrole nitrogens is 1. The first kappa shape index (κ1) is 16.0. The molecule has 19 heavy (non-hydrogen) atoms. The van der Waals surface area contributed by atoms with Crippen LogP contribution in [0, 0.1) is 13.8 Å². The van der Waals surface area contributed by atoms with Crippen molar-refractivity contribution in [1.82, 2.24) is 4.98 Å². The summed E-state index contributed by atoms with van der Waals surface area (Å²) in [5.41, 5.74) is 4.40. The van der Waals surface area contributed by atoms with Crippen LogP contribution in [0.4, 0.5) is 0 Å². The molecule has 1 rings (SSSR count). The average Bonchev–Trinajstić information content (AvgIpc) is 2.57. The summed E-state index contributed by atoms with van der Waals surface area (Å²) in [5, 5.41) is 0. The van der Waals surface area contributed by atoms with E-state index in [0.29, 0.717) is 12.2 Å². The summed E-state index contributed by atoms with van der Waals surface area (Å²) < 4.78 is 0.832. The van der Waals surface area contributed by atoms with E-state index in [2.05, 4.69) is 40.0 Å². The van der Waals surface area contributed by atoms with E-state index >= 15 is 0 Å². The molecule has 0 bridgehead atoms. The van der Waals surface area contributed by atoms with E-state index in [1.807, 2.05) is 6.92 Å². The van der Waals surface area contributed by atoms with Gasteiger partial charge in [0.1, 0.15) is 0 Å². The zero-order valence-corrected chi connectivity index (χ0v) is 13.4. The maximum atomic E-state index is 12.5. The quantitative estimate of drug-likeness (QED) is 0.596. The van der Waals surface area contributed by atoms with Gasteiger partial charge < -0.3 is 9.47 Å². The molecule has 0 aliphatic rings. The van der Waals surface area contributed by atoms with Crippen molar-refractivity contribution in [3.8, 4) is 0 Å². The van der Waals surface area contributed by atoms with Gasteiger partial charge in [-0.05, 0) is 32.3 Å². The minimum atomic E-state index is 0.293. The standard InChI is InChI=1S/C16H28N2O/c1-7-8-9-14-12(2)17-13(3)16(14)15(19)10-11-18(4,5)6/h7-11H2,1-6H3/p+1. The molecule has 1 aromatic rings. The van der Waals surface area contributed by atoms with Crippen molar-refractivity contribution in [3.63, 3.8) is 0 Å². The van der Waals surface area contributed by atoms with Crippen LogP contribution in [0.2, 0.25) is 0 Å². The first-order valence-electron chi connectivity index (χ1n) is 7.28. The summed E-state index contributed by atoms with van der Waals surface area (Å²) >= 11 is 0. The lowest BCUT2D eigenvalue weighted by Gasteiger charge is -2.23. The van der Waals surface area contributed by atoms with E-state index in [9.17, 15) is 4.79 Å². The highest BCUT2D eigenvalue weighted by Gasteiger charge is 2.20. The number of carbonyl (C=O) groups is 1. The number of aromatic nitrogens is 1. The number of nitrogens with zero attached hydrogens (tertiary/aromatic N) is 1. The molecule has 0 radical (unpaired) electrons. The summed E-state index contributed by atoms with van der Waals surface area (Å²) in [6.07, 6.45) is 3.95. The Hall–Kier alpha value is -1.09. The Morgan fingerprint density at radius 3 is 2.32 bits per heavy atom. The second kappa shape index (κ2) is 6.38. The van der Waals surface area contributed by atoms with E-state index in [-0.39, 0.29) is 0 Å². The van der Waals surface area contributed by atoms with Crippen molar-refractivity contribution in [2.75, 3.05) is 27.7 Å². The van der Waals surface area contributed by atoms with Gasteiger partial charge in [-0.3, -0.25) is 4.79 Å². The topological polar surface area (TPSA) is 32.9 Å². The van der Waals surface area contributed by atoms with E-state index in [0.717, 1.165) is 41.5 Å². The zero-order valence-electron chi connectivity index (χ0n) is 13.4. The van der Waals surface area contributed by atoms with Crippen LogP contribution < -0.4 is 0 Å². The first-order valence-corrected chi connectivity index (χ1v) is 7.28. The van der Waals surface area contributed by atoms with E-state index in [1.165, 1.54) is 11.3 Å². The van der Waals surface area contributed by atoms with Crippen LogP contribution in [0.5, 0.6) is 0 Å². The van der Waals surface area contributed by atoms with Crippen molar-refractivity contribution in [3.05, 3.63) is 22.5 Å². The Morgan fingerprint density at radius 2 is 1.79 bits per heavy atom. The number of unbranched alkanes of at least 4 members (excludes halogenated alkanes) is 1. The minimum Gasteiger partial charge on any atom is -0.362 e. The van der Waals surface area contributed by atoms with E-state index in [1.54, 1.807) is 0 Å². The third kappa shape index (κ3) is 4.50. The van der Waals surface area contributed by atoms with Crippen molar-refractivity contribution in [2.45, 2.75) is 46.5 Å². The first-order chi connectivity index (χ1) is 8.76. The van der Waals surface area contributed by atoms with Crippen LogP contribution in [-0.4, -0.2) is 42.9 Å². The van der Waals surface area contributed by atoms with Crippen molar-refractivity contribution in [2.24, 2.45) is 0 Å². The Balaban J connectivity index is 2.89. The molecule has 0 aliphatic heterocycles. The van der Waals surface area contributed by atoms with E-state index in [4.69, 9.17) is 0 Å². The van der Waals surface area contributed by atoms with Crippen molar-refractivity contribution in [1.29, 1.82) is 0 Å². The van der Waals surface area contributed by atoms with Crippen LogP contribution in [-0.2, 0) is 6.42 Å². The van der Waals surface area contributed by atoms with Gasteiger partial charge in [-0.1, -0.05) is 13.3 Å². The Labute approximate surface area is 117 Å². The lowest BCUT2D eigenvalue weighted by molar-refractivity contribution is -0.869. The Kier molecular flexibility index (Phi) is 5.36. The van der Waals surface area contributed by atoms with Crippen LogP contribution >= 0.6 is 0 Å². The third-order valence-corrected chi connectivity index (χ3v) is 3.57. The maximum Gasteiger partial charge on any atom is 0.170 e. The van der Waals surface area contributed by atoms with Crippen LogP contribution in [0.15, 0.2) is 0 Å². The highest BCUT2D eigenvalue weighted by atomic mass is 16.1. The molecule has 3 nitrogen and oxygen atoms in total. The SMILES string of the molecule is CCCCc1c(C)[nH]c(C)c1C(=O)CC[N+](C)(C)C. The van der Waals surface area contributed by atoms with Gasteiger partial charge in [0, 0.05) is 17.0 Å². The number of hydrogen-bond donors (Lipinski definition) is 1. The third-order valence-electron chi connectivity index (χ3n) is 3.57. The van der Waals surface area contributed by atoms with Gasteiger partial charge in [-0.25, -0.2) is 0 Å². The summed E-state index contributed by atoms with van der Waals surface area (Å²) in [6.45, 7) is 7.17. The predicted molar refractivity (Wildman–Crippen MR) is 80.7 cm³/mol. The monoisotopic (exact) mass is 265 g/mol. The predicted octanol–water partition coefficient (Wildman–Crippen LogP) is 3.25. The number of Topliss-reactive ketones (excluding diaryl/α,β-unsaturated/α-hetero) is 1. The molecule has 1 aromatic heterocycles. The molecule has 0 amide bonds. The lowest BCUT2D eigenvalue weighted by atomic mass is 9.98. The zero-order chi connectivity index (χ0) is 14.6. The van der Waals surface area contributed by atoms with Crippen molar-refractivity contribution < 1.29 is 9.28 Å². The normalized spacial score (nSPS) is 11.9. The highest BCUT2D eigenvalue weighted by molar-refractivity contribution is 5.99. The number of nitrogens with one attached hydrogen (secondary N) is 1. The number of aromatic amines is 1. The van der Waals surface area contributed by atoms with Crippen LogP contribution in [0.25, 0.3) is 0 Å². The second-order valence-electron chi connectivity index (χ2n) is 6.52. The minimum absolute atomic E-state index is 0.293. The molecule has 0 fully saturated rings. The van der Waals surface area contributed by atoms with Crippen LogP contribution in [0.3, 0.4) is 0 Å². The molecule has 0 spiro atoms. The number of aryl methyl sites for hydroxylation is 2. The molecule has 0 aromatic carbocycles. The molecule has 0 saturated heterocycles. The molecule has 1 heterocycles. The smallest absolute Gasteiger partial charge is 0.170 e. The summed E-state index contributed by atoms with van der Waals surface area (Å²) in [5.74, 6) is 0.293. The number of carbonyl (C=O) groups excluding carboxylic acids is 1. The molecule has 0 aliphatic carbocycles. The van der Waals surface area contributed by atoms with Crippen LogP contribution in [0.1, 0.15) is 53.5 Å². The average molecular weight is 265 g/mol. The molecule has 1 N–H and O–H groups in total. The fourth-order valence-electron chi connectivity index (χ4n) is 2.44. The molecule has 0 saturated carbocycles. The van der Waals surface area contributed by atoms with Gasteiger partial charge in [0.25, 0.3) is 0 Å². The molecule has 3 heteroatoms. The molecular formula is C16H29N2O+. The number of quaternary nitrogens is 1. The molecule has 0 unspecified atom stereocenters. The summed E-state index contributed by atoms with van der Waals surface area (Å²) in [4.78, 5) is 15.8. The molecular weight excluding hydrogens is 236 g/mol. The van der Waals surface area contributed by atoms with Crippen molar-refractivity contribution >= 4 is 5.78 Å². The summed E-state index contributed by atoms with van der Waals surface area (Å²) in [7, 11) is 6.38. The van der Waals surface area contributed by atoms with Gasteiger partial charge in [0.2, 0.25) is 0 Å². The van der Waals surface area contributed by atoms with Gasteiger partial charge in [-0.2, -0.15) is 0 Å². The molecule has 0 atom stereocenters. The number of rotatable bonds is 7. The molecule has 108 valence electrons. The van der Waals surface area contributed by atoms with Gasteiger partial charge in [-0.15, -0.1) is 0 Å². The summed E-state index contributed by atoms with van der Waals surface area (Å²) in [6, 6.07) is 0. The fourth-order valence-corrected chi connectivity index (χ4v) is 2.44. The highest BCUT2D eigenvalue weighted by Crippen LogP contribution is 2.22. The van der Waals surface area contributed by atoms with E-state index < -0.39 is 0 Å². The van der Waals surface area contributed by atoms with Gasteiger partial charge >= 0.3 is 0 Å². The van der Waals surface area contributed by atoms with Gasteiger partial charge in [0.05, 0.1) is 34.1 Å². The Morgan fingerprint density at radius 1 is 1.16 bits per heavy atom. The Bertz CT molecular complexity index is 438. The second-order valence-corrected chi connectivity index (χ2v) is 6.52. The number of ketones is 1.